The molecule has 0 rings (SSSR count). The molecular weight excluding hydrogens is 191 g/mol. The van der Waals surface area contributed by atoms with Gasteiger partial charge in [-0.05, 0) is 0 Å². The summed E-state index contributed by atoms with van der Waals surface area (Å²) in [5, 5.41) is 0. The maximum absolute atomic E-state index is 4.55. The van der Waals surface area contributed by atoms with Crippen molar-refractivity contribution in [2.24, 2.45) is 0 Å². The second-order valence-electron chi connectivity index (χ2n) is 0.493. The average Bonchev–Trinajstić information content (AvgIpc) is 1.37. The first-order valence-electron chi connectivity index (χ1n) is 1.20. The van der Waals surface area contributed by atoms with E-state index >= 15 is 0 Å². The van der Waals surface area contributed by atoms with Crippen LogP contribution in [0.2, 0.25) is 0 Å². The molecule has 0 radical (unpaired) electrons. The van der Waals surface area contributed by atoms with Gasteiger partial charge in [-0.15, -0.1) is 0 Å². The molecule has 28 valence electrons. The zero-order valence-corrected chi connectivity index (χ0v) is 6.77. The monoisotopic (exact) mass is 196 g/mol. The van der Waals surface area contributed by atoms with Crippen LogP contribution in [0.5, 0.6) is 0 Å². The Kier molecular flexibility index (Phi) is 17.6. The molecule has 0 saturated carbocycles. The Balaban J connectivity index is 0. The molecule has 0 unspecified atom stereocenters. The first-order chi connectivity index (χ1) is 1.91. The van der Waals surface area contributed by atoms with Crippen LogP contribution in [0.4, 0.5) is 0 Å². The van der Waals surface area contributed by atoms with Gasteiger partial charge in [0.15, 0.2) is 0 Å². The Hall–Kier alpha value is 1.46. The van der Waals surface area contributed by atoms with Gasteiger partial charge in [0, 0.05) is 0 Å². The van der Waals surface area contributed by atoms with Gasteiger partial charge in [-0.25, -0.2) is 0 Å². The third kappa shape index (κ3) is 10.8. The molecule has 1 nitrogen and oxygen atoms in total. The second-order valence-corrected chi connectivity index (χ2v) is 0.901. The first-order valence-corrected chi connectivity index (χ1v) is 2.20. The minimum absolute atomic E-state index is 0. The standard InChI is InChI=1S/C2H5O.HI.Mg/c1-3-2;;/h1H2,2H3;1H;/q;;+1/p-1. The predicted octanol–water partition coefficient (Wildman–Crippen LogP) is -3.24. The summed E-state index contributed by atoms with van der Waals surface area (Å²) in [6, 6.07) is 0. The molecule has 3 heteroatoms. The van der Waals surface area contributed by atoms with E-state index in [-0.39, 0.29) is 24.0 Å². The molecule has 0 aliphatic carbocycles. The number of ether oxygens (including phenoxy) is 1. The number of hydrogen-bond donors (Lipinski definition) is 0. The van der Waals surface area contributed by atoms with E-state index in [1.54, 1.807) is 28.8 Å². The van der Waals surface area contributed by atoms with Gasteiger partial charge >= 0.3 is 38.3 Å². The van der Waals surface area contributed by atoms with Gasteiger partial charge in [0.1, 0.15) is 0 Å². The zero-order chi connectivity index (χ0) is 3.41. The Morgan fingerprint density at radius 2 is 2.00 bits per heavy atom. The van der Waals surface area contributed by atoms with Crippen LogP contribution in [0, 0.1) is 0 Å². The molecule has 0 aliphatic rings. The van der Waals surface area contributed by atoms with Crippen LogP contribution < -0.4 is 24.0 Å². The van der Waals surface area contributed by atoms with Gasteiger partial charge in [-0.1, -0.05) is 0 Å². The predicted molar refractivity (Wildman–Crippen MR) is 17.6 cm³/mol. The maximum Gasteiger partial charge on any atom is -1.00 e. The van der Waals surface area contributed by atoms with E-state index in [1.165, 1.54) is 0 Å². The Morgan fingerprint density at radius 3 is 2.00 bits per heavy atom. The van der Waals surface area contributed by atoms with Crippen LogP contribution in [0.1, 0.15) is 0 Å². The Morgan fingerprint density at radius 1 is 1.80 bits per heavy atom. The first kappa shape index (κ1) is 9.68. The fourth-order valence-electron chi connectivity index (χ4n) is 0. The molecule has 5 heavy (non-hydrogen) atoms. The minimum atomic E-state index is 0. The third-order valence-corrected chi connectivity index (χ3v) is 0.612. The number of rotatable bonds is 1. The molecule has 0 spiro atoms. The van der Waals surface area contributed by atoms with Gasteiger partial charge in [0.05, 0.1) is 0 Å². The van der Waals surface area contributed by atoms with E-state index in [2.05, 4.69) is 4.74 Å². The molecule has 0 bridgehead atoms. The molecule has 0 aliphatic heterocycles. The van der Waals surface area contributed by atoms with Gasteiger partial charge in [-0.3, -0.25) is 0 Å². The van der Waals surface area contributed by atoms with Crippen LogP contribution in [0.15, 0.2) is 0 Å². The van der Waals surface area contributed by atoms with Gasteiger partial charge in [-0.2, -0.15) is 0 Å². The van der Waals surface area contributed by atoms with Gasteiger partial charge in [0.25, 0.3) is 0 Å². The van der Waals surface area contributed by atoms with Crippen molar-refractivity contribution in [1.29, 1.82) is 0 Å². The molecule has 0 N–H and O–H groups in total. The summed E-state index contributed by atoms with van der Waals surface area (Å²) in [6.07, 6.45) is 0. The summed E-state index contributed by atoms with van der Waals surface area (Å²) in [6.45, 7) is 0. The molecule has 0 atom stereocenters. The van der Waals surface area contributed by atoms with E-state index in [9.17, 15) is 0 Å². The largest absolute Gasteiger partial charge is 1.00 e. The van der Waals surface area contributed by atoms with E-state index < -0.39 is 0 Å². The quantitative estimate of drug-likeness (QED) is 0.316. The van der Waals surface area contributed by atoms with Crippen molar-refractivity contribution in [3.63, 3.8) is 0 Å². The molecule has 0 aromatic heterocycles. The fraction of sp³-hybridized carbons (Fsp3) is 1.00. The summed E-state index contributed by atoms with van der Waals surface area (Å²) in [7, 11) is 1.69. The van der Waals surface area contributed by atoms with Crippen molar-refractivity contribution < 1.29 is 28.7 Å². The molecule has 0 saturated heterocycles. The molecule has 0 amide bonds. The molecule has 0 fully saturated rings. The minimum Gasteiger partial charge on any atom is -1.00 e. The SMILES string of the molecule is CO[CH2][Mg+].[I-]. The normalized spacial score (nSPS) is 6.20. The second kappa shape index (κ2) is 9.07. The van der Waals surface area contributed by atoms with Crippen molar-refractivity contribution in [3.8, 4) is 0 Å². The van der Waals surface area contributed by atoms with Crippen LogP contribution in [0.25, 0.3) is 0 Å². The van der Waals surface area contributed by atoms with Crippen molar-refractivity contribution in [2.75, 3.05) is 11.8 Å². The van der Waals surface area contributed by atoms with Crippen molar-refractivity contribution >= 4 is 21.7 Å². The zero-order valence-electron chi connectivity index (χ0n) is 3.20. The van der Waals surface area contributed by atoms with Crippen LogP contribution in [-0.4, -0.2) is 33.6 Å². The van der Waals surface area contributed by atoms with E-state index in [0.29, 0.717) is 0 Å². The van der Waals surface area contributed by atoms with Crippen molar-refractivity contribution in [2.45, 2.75) is 0 Å². The van der Waals surface area contributed by atoms with Crippen molar-refractivity contribution in [1.82, 2.24) is 0 Å². The van der Waals surface area contributed by atoms with Crippen molar-refractivity contribution in [3.05, 3.63) is 0 Å². The molecule has 0 aromatic carbocycles. The van der Waals surface area contributed by atoms with E-state index in [1.807, 2.05) is 0 Å². The van der Waals surface area contributed by atoms with Gasteiger partial charge in [0.2, 0.25) is 0 Å². The summed E-state index contributed by atoms with van der Waals surface area (Å²) in [4.78, 5) is 0. The summed E-state index contributed by atoms with van der Waals surface area (Å²) in [5.41, 5.74) is 0. The molecular formula is C2H5IMgO. The topological polar surface area (TPSA) is 9.23 Å². The summed E-state index contributed by atoms with van der Waals surface area (Å²) in [5.74, 6) is 0. The summed E-state index contributed by atoms with van der Waals surface area (Å²) >= 11 is 1.80. The molecule has 0 heterocycles. The Bertz CT molecular complexity index is 11.6. The van der Waals surface area contributed by atoms with Crippen LogP contribution >= 0.6 is 0 Å². The average molecular weight is 196 g/mol. The van der Waals surface area contributed by atoms with Gasteiger partial charge < -0.3 is 24.0 Å². The van der Waals surface area contributed by atoms with Crippen LogP contribution in [0.3, 0.4) is 0 Å². The fourth-order valence-corrected chi connectivity index (χ4v) is 0. The molecule has 0 aromatic rings. The number of methoxy groups -OCH3 is 1. The summed E-state index contributed by atoms with van der Waals surface area (Å²) < 4.78 is 5.40. The van der Waals surface area contributed by atoms with E-state index in [4.69, 9.17) is 0 Å². The maximum atomic E-state index is 4.55. The number of hydrogen-bond acceptors (Lipinski definition) is 1. The smallest absolute Gasteiger partial charge is 1.00 e. The third-order valence-electron chi connectivity index (χ3n) is 0.204. The Labute approximate surface area is 61.9 Å². The van der Waals surface area contributed by atoms with E-state index in [0.717, 1.165) is 4.74 Å². The van der Waals surface area contributed by atoms with Crippen LogP contribution in [-0.2, 0) is 4.74 Å². The number of halogens is 1.